The zero-order valence-corrected chi connectivity index (χ0v) is 16.6. The van der Waals surface area contributed by atoms with Gasteiger partial charge >= 0.3 is 0 Å². The zero-order chi connectivity index (χ0) is 21.1. The number of aliphatic hydroxyl groups is 1. The molecule has 154 valence electrons. The Kier molecular flexibility index (Phi) is 5.69. The molecule has 0 bridgehead atoms. The van der Waals surface area contributed by atoms with Gasteiger partial charge in [-0.05, 0) is 41.8 Å². The minimum atomic E-state index is -0.494. The molecule has 8 heteroatoms. The van der Waals surface area contributed by atoms with Crippen LogP contribution < -0.4 is 10.6 Å². The Morgan fingerprint density at radius 3 is 2.77 bits per heavy atom. The monoisotopic (exact) mass is 406 g/mol. The van der Waals surface area contributed by atoms with Crippen molar-refractivity contribution in [2.75, 3.05) is 25.1 Å². The van der Waals surface area contributed by atoms with E-state index in [4.69, 9.17) is 10.7 Å². The van der Waals surface area contributed by atoms with Crippen LogP contribution in [0.2, 0.25) is 0 Å². The molecule has 30 heavy (non-hydrogen) atoms. The van der Waals surface area contributed by atoms with Gasteiger partial charge in [0.2, 0.25) is 0 Å². The zero-order valence-electron chi connectivity index (χ0n) is 16.6. The summed E-state index contributed by atoms with van der Waals surface area (Å²) < 4.78 is 13.5. The lowest BCUT2D eigenvalue weighted by Crippen LogP contribution is -2.25. The van der Waals surface area contributed by atoms with Gasteiger partial charge in [0, 0.05) is 30.7 Å². The number of anilines is 1. The van der Waals surface area contributed by atoms with Crippen LogP contribution in [-0.4, -0.2) is 45.5 Å². The molecule has 1 atom stereocenters. The summed E-state index contributed by atoms with van der Waals surface area (Å²) >= 11 is 0. The maximum Gasteiger partial charge on any atom is 0.148 e. The molecule has 2 aromatic carbocycles. The van der Waals surface area contributed by atoms with Crippen LogP contribution in [0, 0.1) is 5.82 Å². The molecular weight excluding hydrogens is 383 g/mol. The minimum Gasteiger partial charge on any atom is -0.395 e. The number of fused-ring (bicyclic) bond motifs is 1. The molecule has 0 amide bonds. The Balaban J connectivity index is 1.76. The lowest BCUT2D eigenvalue weighted by molar-refractivity contribution is 0.304. The Bertz CT molecular complexity index is 1150. The SMILES string of the molecule is CN(CCO)c1nc(C(N)Cc2cccc(F)c2)nc2ccc(-c3cn[nH]c3)cc12. The third-order valence-electron chi connectivity index (χ3n) is 5.00. The topological polar surface area (TPSA) is 104 Å². The van der Waals surface area contributed by atoms with Crippen LogP contribution in [0.4, 0.5) is 10.2 Å². The maximum atomic E-state index is 13.5. The predicted octanol–water partition coefficient (Wildman–Crippen LogP) is 2.83. The first-order valence-electron chi connectivity index (χ1n) is 9.68. The van der Waals surface area contributed by atoms with Gasteiger partial charge in [0.1, 0.15) is 17.5 Å². The highest BCUT2D eigenvalue weighted by Gasteiger charge is 2.17. The van der Waals surface area contributed by atoms with Crippen LogP contribution in [-0.2, 0) is 6.42 Å². The van der Waals surface area contributed by atoms with Crippen LogP contribution in [0.5, 0.6) is 0 Å². The number of likely N-dealkylation sites (N-methyl/N-ethyl adjacent to an activating group) is 1. The van der Waals surface area contributed by atoms with Gasteiger partial charge in [-0.1, -0.05) is 18.2 Å². The number of nitrogens with one attached hydrogen (secondary N) is 1. The van der Waals surface area contributed by atoms with E-state index in [-0.39, 0.29) is 12.4 Å². The molecule has 4 rings (SSSR count). The van der Waals surface area contributed by atoms with E-state index < -0.39 is 6.04 Å². The molecule has 2 heterocycles. The minimum absolute atomic E-state index is 0.00586. The fraction of sp³-hybridized carbons (Fsp3) is 0.227. The highest BCUT2D eigenvalue weighted by Crippen LogP contribution is 2.30. The molecule has 0 spiro atoms. The molecule has 1 unspecified atom stereocenters. The summed E-state index contributed by atoms with van der Waals surface area (Å²) in [5, 5.41) is 17.1. The molecule has 7 nitrogen and oxygen atoms in total. The largest absolute Gasteiger partial charge is 0.395 e. The van der Waals surface area contributed by atoms with E-state index >= 15 is 0 Å². The van der Waals surface area contributed by atoms with Crippen LogP contribution in [0.25, 0.3) is 22.0 Å². The van der Waals surface area contributed by atoms with Crippen molar-refractivity contribution >= 4 is 16.7 Å². The smallest absolute Gasteiger partial charge is 0.148 e. The number of aliphatic hydroxyl groups excluding tert-OH is 1. The second kappa shape index (κ2) is 8.56. The molecule has 0 saturated heterocycles. The standard InChI is InChI=1S/C22H23FN6O/c1-29(7-8-30)22-18-11-15(16-12-25-26-13-16)5-6-20(18)27-21(28-22)19(24)10-14-3-2-4-17(23)9-14/h2-6,9,11-13,19,30H,7-8,10,24H2,1H3,(H,25,26). The van der Waals surface area contributed by atoms with E-state index in [9.17, 15) is 9.50 Å². The van der Waals surface area contributed by atoms with Crippen LogP contribution in [0.3, 0.4) is 0 Å². The highest BCUT2D eigenvalue weighted by molar-refractivity contribution is 5.93. The summed E-state index contributed by atoms with van der Waals surface area (Å²) in [6.45, 7) is 0.411. The van der Waals surface area contributed by atoms with Gasteiger partial charge in [0.25, 0.3) is 0 Å². The van der Waals surface area contributed by atoms with Gasteiger partial charge in [0.05, 0.1) is 24.4 Å². The van der Waals surface area contributed by atoms with E-state index in [1.807, 2.05) is 42.4 Å². The molecule has 0 aliphatic rings. The second-order valence-electron chi connectivity index (χ2n) is 7.21. The number of aromatic amines is 1. The van der Waals surface area contributed by atoms with Crippen molar-refractivity contribution < 1.29 is 9.50 Å². The fourth-order valence-electron chi connectivity index (χ4n) is 3.44. The maximum absolute atomic E-state index is 13.5. The number of hydrogen-bond donors (Lipinski definition) is 3. The molecular formula is C22H23FN6O. The van der Waals surface area contributed by atoms with Gasteiger partial charge in [-0.15, -0.1) is 0 Å². The van der Waals surface area contributed by atoms with E-state index in [1.54, 1.807) is 12.3 Å². The fourth-order valence-corrected chi connectivity index (χ4v) is 3.44. The summed E-state index contributed by atoms with van der Waals surface area (Å²) in [7, 11) is 1.87. The lowest BCUT2D eigenvalue weighted by atomic mass is 10.0. The Labute approximate surface area is 173 Å². The number of aromatic nitrogens is 4. The average Bonchev–Trinajstić information content (AvgIpc) is 3.27. The number of H-pyrrole nitrogens is 1. The quantitative estimate of drug-likeness (QED) is 0.436. The number of nitrogens with zero attached hydrogens (tertiary/aromatic N) is 4. The molecule has 4 N–H and O–H groups in total. The molecule has 4 aromatic rings. The van der Waals surface area contributed by atoms with Crippen molar-refractivity contribution in [3.8, 4) is 11.1 Å². The van der Waals surface area contributed by atoms with Gasteiger partial charge in [0.15, 0.2) is 0 Å². The third-order valence-corrected chi connectivity index (χ3v) is 5.00. The van der Waals surface area contributed by atoms with Crippen LogP contribution in [0.1, 0.15) is 17.4 Å². The number of hydrogen-bond acceptors (Lipinski definition) is 6. The number of benzene rings is 2. The molecule has 0 aliphatic heterocycles. The van der Waals surface area contributed by atoms with Crippen molar-refractivity contribution in [3.05, 3.63) is 72.1 Å². The van der Waals surface area contributed by atoms with Gasteiger partial charge in [-0.3, -0.25) is 5.10 Å². The first kappa shape index (κ1) is 19.9. The first-order chi connectivity index (χ1) is 14.5. The molecule has 0 aliphatic carbocycles. The molecule has 0 radical (unpaired) electrons. The Morgan fingerprint density at radius 2 is 2.03 bits per heavy atom. The first-order valence-corrected chi connectivity index (χ1v) is 9.68. The van der Waals surface area contributed by atoms with E-state index in [2.05, 4.69) is 15.2 Å². The summed E-state index contributed by atoms with van der Waals surface area (Å²) in [5.74, 6) is 0.862. The second-order valence-corrected chi connectivity index (χ2v) is 7.21. The summed E-state index contributed by atoms with van der Waals surface area (Å²) in [4.78, 5) is 11.3. The van der Waals surface area contributed by atoms with Crippen LogP contribution >= 0.6 is 0 Å². The normalized spacial score (nSPS) is 12.3. The molecule has 0 fully saturated rings. The van der Waals surface area contributed by atoms with E-state index in [1.165, 1.54) is 12.1 Å². The van der Waals surface area contributed by atoms with Gasteiger partial charge < -0.3 is 15.7 Å². The Hall–Kier alpha value is -3.36. The number of halogens is 1. The van der Waals surface area contributed by atoms with Crippen molar-refractivity contribution in [2.45, 2.75) is 12.5 Å². The average molecular weight is 406 g/mol. The number of nitrogens with two attached hydrogens (primary N) is 1. The van der Waals surface area contributed by atoms with E-state index in [0.717, 1.165) is 27.6 Å². The van der Waals surface area contributed by atoms with Gasteiger partial charge in [-0.25, -0.2) is 14.4 Å². The summed E-state index contributed by atoms with van der Waals surface area (Å²) in [6, 6.07) is 11.8. The Morgan fingerprint density at radius 1 is 1.17 bits per heavy atom. The van der Waals surface area contributed by atoms with E-state index in [0.29, 0.717) is 24.6 Å². The summed E-state index contributed by atoms with van der Waals surface area (Å²) in [6.07, 6.45) is 3.99. The highest BCUT2D eigenvalue weighted by atomic mass is 19.1. The van der Waals surface area contributed by atoms with Crippen molar-refractivity contribution in [2.24, 2.45) is 5.73 Å². The molecule has 0 saturated carbocycles. The van der Waals surface area contributed by atoms with Crippen molar-refractivity contribution in [1.82, 2.24) is 20.2 Å². The number of rotatable bonds is 7. The van der Waals surface area contributed by atoms with Crippen LogP contribution in [0.15, 0.2) is 54.9 Å². The lowest BCUT2D eigenvalue weighted by Gasteiger charge is -2.21. The van der Waals surface area contributed by atoms with Crippen molar-refractivity contribution in [1.29, 1.82) is 0 Å². The predicted molar refractivity (Wildman–Crippen MR) is 115 cm³/mol. The van der Waals surface area contributed by atoms with Crippen molar-refractivity contribution in [3.63, 3.8) is 0 Å². The third kappa shape index (κ3) is 4.14. The summed E-state index contributed by atoms with van der Waals surface area (Å²) in [5.41, 5.74) is 9.87. The molecule has 2 aromatic heterocycles. The van der Waals surface area contributed by atoms with Gasteiger partial charge in [-0.2, -0.15) is 5.10 Å².